The second-order valence-electron chi connectivity index (χ2n) is 6.56. The number of hydrogen-bond donors (Lipinski definition) is 1. The minimum absolute atomic E-state index is 0.262. The smallest absolute Gasteiger partial charge is 0.222 e. The zero-order valence-electron chi connectivity index (χ0n) is 14.8. The van der Waals surface area contributed by atoms with Gasteiger partial charge in [0.25, 0.3) is 0 Å². The maximum absolute atomic E-state index is 12.5. The Morgan fingerprint density at radius 2 is 2.20 bits per heavy atom. The molecule has 1 amide bonds. The number of rotatable bonds is 7. The van der Waals surface area contributed by atoms with Crippen molar-refractivity contribution < 1.29 is 4.79 Å². The van der Waals surface area contributed by atoms with Crippen LogP contribution in [0.25, 0.3) is 0 Å². The highest BCUT2D eigenvalue weighted by molar-refractivity contribution is 5.76. The van der Waals surface area contributed by atoms with E-state index in [1.165, 1.54) is 0 Å². The van der Waals surface area contributed by atoms with E-state index in [1.54, 1.807) is 24.9 Å². The first-order chi connectivity index (χ1) is 12.3. The number of likely N-dealkylation sites (tertiary alicyclic amines) is 1. The van der Waals surface area contributed by atoms with Gasteiger partial charge in [0, 0.05) is 57.9 Å². The second-order valence-corrected chi connectivity index (χ2v) is 6.56. The maximum Gasteiger partial charge on any atom is 0.222 e. The third-order valence-corrected chi connectivity index (χ3v) is 4.73. The molecule has 0 aromatic carbocycles. The molecule has 7 nitrogen and oxygen atoms in total. The van der Waals surface area contributed by atoms with Gasteiger partial charge in [-0.1, -0.05) is 0 Å². The molecule has 134 valence electrons. The summed E-state index contributed by atoms with van der Waals surface area (Å²) in [5.74, 6) is 1.55. The maximum atomic E-state index is 12.5. The van der Waals surface area contributed by atoms with E-state index in [4.69, 9.17) is 0 Å². The van der Waals surface area contributed by atoms with E-state index < -0.39 is 0 Å². The summed E-state index contributed by atoms with van der Waals surface area (Å²) < 4.78 is 2.01. The van der Waals surface area contributed by atoms with Crippen LogP contribution in [-0.2, 0) is 17.8 Å². The Morgan fingerprint density at radius 1 is 1.32 bits per heavy atom. The lowest BCUT2D eigenvalue weighted by atomic mass is 9.93. The van der Waals surface area contributed by atoms with Gasteiger partial charge < -0.3 is 14.8 Å². The second kappa shape index (κ2) is 8.60. The number of aryl methyl sites for hydroxylation is 1. The SMILES string of the molecule is CNc1nccnc1CC1CCCN(C(=O)CCCn2ccnc2)C1. The Bertz CT molecular complexity index is 672. The quantitative estimate of drug-likeness (QED) is 0.833. The molecule has 1 unspecified atom stereocenters. The zero-order valence-corrected chi connectivity index (χ0v) is 14.8. The predicted molar refractivity (Wildman–Crippen MR) is 96.0 cm³/mol. The van der Waals surface area contributed by atoms with Gasteiger partial charge in [-0.25, -0.2) is 9.97 Å². The number of hydrogen-bond acceptors (Lipinski definition) is 5. The molecular formula is C18H26N6O. The molecule has 0 radical (unpaired) electrons. The molecule has 7 heteroatoms. The van der Waals surface area contributed by atoms with Gasteiger partial charge in [0.1, 0.15) is 5.82 Å². The van der Waals surface area contributed by atoms with Crippen LogP contribution in [0.5, 0.6) is 0 Å². The number of anilines is 1. The van der Waals surface area contributed by atoms with Crippen LogP contribution in [0.1, 0.15) is 31.4 Å². The number of piperidine rings is 1. The fourth-order valence-electron chi connectivity index (χ4n) is 3.45. The summed E-state index contributed by atoms with van der Waals surface area (Å²) in [5.41, 5.74) is 0.990. The van der Waals surface area contributed by atoms with Gasteiger partial charge >= 0.3 is 0 Å². The van der Waals surface area contributed by atoms with Crippen LogP contribution in [0.3, 0.4) is 0 Å². The van der Waals surface area contributed by atoms with E-state index in [1.807, 2.05) is 22.7 Å². The van der Waals surface area contributed by atoms with E-state index in [-0.39, 0.29) is 5.91 Å². The van der Waals surface area contributed by atoms with Crippen molar-refractivity contribution in [3.05, 3.63) is 36.8 Å². The topological polar surface area (TPSA) is 75.9 Å². The Hall–Kier alpha value is -2.44. The van der Waals surface area contributed by atoms with Gasteiger partial charge in [0.2, 0.25) is 5.91 Å². The number of amides is 1. The van der Waals surface area contributed by atoms with Gasteiger partial charge in [-0.3, -0.25) is 9.78 Å². The fourth-order valence-corrected chi connectivity index (χ4v) is 3.45. The van der Waals surface area contributed by atoms with E-state index in [2.05, 4.69) is 20.3 Å². The van der Waals surface area contributed by atoms with Gasteiger partial charge in [-0.15, -0.1) is 0 Å². The average molecular weight is 342 g/mol. The van der Waals surface area contributed by atoms with E-state index in [0.717, 1.165) is 56.8 Å². The van der Waals surface area contributed by atoms with Crippen LogP contribution in [-0.4, -0.2) is 50.5 Å². The van der Waals surface area contributed by atoms with E-state index in [0.29, 0.717) is 12.3 Å². The molecule has 2 aromatic heterocycles. The molecule has 0 spiro atoms. The molecule has 1 N–H and O–H groups in total. The number of carbonyl (C=O) groups is 1. The minimum Gasteiger partial charge on any atom is -0.372 e. The van der Waals surface area contributed by atoms with Gasteiger partial charge in [-0.2, -0.15) is 0 Å². The van der Waals surface area contributed by atoms with Crippen molar-refractivity contribution in [2.75, 3.05) is 25.5 Å². The summed E-state index contributed by atoms with van der Waals surface area (Å²) in [6.07, 6.45) is 13.4. The molecule has 0 aliphatic carbocycles. The summed E-state index contributed by atoms with van der Waals surface area (Å²) in [5, 5.41) is 3.10. The highest BCUT2D eigenvalue weighted by atomic mass is 16.2. The van der Waals surface area contributed by atoms with Crippen LogP contribution < -0.4 is 5.32 Å². The summed E-state index contributed by atoms with van der Waals surface area (Å²) in [7, 11) is 1.87. The summed E-state index contributed by atoms with van der Waals surface area (Å²) in [6.45, 7) is 2.54. The molecule has 3 heterocycles. The van der Waals surface area contributed by atoms with Crippen LogP contribution in [0, 0.1) is 5.92 Å². The van der Waals surface area contributed by atoms with Crippen LogP contribution >= 0.6 is 0 Å². The molecule has 25 heavy (non-hydrogen) atoms. The van der Waals surface area contributed by atoms with Crippen LogP contribution in [0.4, 0.5) is 5.82 Å². The average Bonchev–Trinajstić information content (AvgIpc) is 3.16. The molecule has 2 aromatic rings. The lowest BCUT2D eigenvalue weighted by Gasteiger charge is -2.33. The Morgan fingerprint density at radius 3 is 3.00 bits per heavy atom. The number of nitrogens with zero attached hydrogens (tertiary/aromatic N) is 5. The molecule has 1 aliphatic heterocycles. The van der Waals surface area contributed by atoms with Crippen LogP contribution in [0.2, 0.25) is 0 Å². The molecule has 3 rings (SSSR count). The van der Waals surface area contributed by atoms with Gasteiger partial charge in [0.15, 0.2) is 0 Å². The molecule has 1 aliphatic rings. The fraction of sp³-hybridized carbons (Fsp3) is 0.556. The first-order valence-electron chi connectivity index (χ1n) is 8.97. The normalized spacial score (nSPS) is 17.5. The monoisotopic (exact) mass is 342 g/mol. The van der Waals surface area contributed by atoms with E-state index >= 15 is 0 Å². The van der Waals surface area contributed by atoms with Crippen molar-refractivity contribution in [2.45, 2.75) is 38.6 Å². The molecule has 0 bridgehead atoms. The molecule has 1 fully saturated rings. The number of imidazole rings is 1. The van der Waals surface area contributed by atoms with Crippen molar-refractivity contribution in [1.82, 2.24) is 24.4 Å². The highest BCUT2D eigenvalue weighted by Crippen LogP contribution is 2.23. The van der Waals surface area contributed by atoms with Gasteiger partial charge in [0.05, 0.1) is 12.0 Å². The summed E-state index contributed by atoms with van der Waals surface area (Å²) >= 11 is 0. The largest absolute Gasteiger partial charge is 0.372 e. The predicted octanol–water partition coefficient (Wildman–Crippen LogP) is 1.98. The lowest BCUT2D eigenvalue weighted by Crippen LogP contribution is -2.40. The van der Waals surface area contributed by atoms with Crippen molar-refractivity contribution in [2.24, 2.45) is 5.92 Å². The standard InChI is InChI=1S/C18H26N6O/c1-19-18-16(21-6-7-22-18)12-15-4-2-10-24(13-15)17(25)5-3-9-23-11-8-20-14-23/h6-8,11,14-15H,2-5,9-10,12-13H2,1H3,(H,19,22). The number of nitrogens with one attached hydrogen (secondary N) is 1. The zero-order chi connectivity index (χ0) is 17.5. The van der Waals surface area contributed by atoms with Crippen molar-refractivity contribution in [3.8, 4) is 0 Å². The third kappa shape index (κ3) is 4.78. The highest BCUT2D eigenvalue weighted by Gasteiger charge is 2.24. The van der Waals surface area contributed by atoms with Crippen LogP contribution in [0.15, 0.2) is 31.1 Å². The van der Waals surface area contributed by atoms with E-state index in [9.17, 15) is 4.79 Å². The molecular weight excluding hydrogens is 316 g/mol. The Labute approximate surface area is 148 Å². The minimum atomic E-state index is 0.262. The molecule has 0 saturated carbocycles. The summed E-state index contributed by atoms with van der Waals surface area (Å²) in [6, 6.07) is 0. The third-order valence-electron chi connectivity index (χ3n) is 4.73. The number of aromatic nitrogens is 4. The Balaban J connectivity index is 1.49. The lowest BCUT2D eigenvalue weighted by molar-refractivity contribution is -0.133. The van der Waals surface area contributed by atoms with Crippen molar-refractivity contribution in [3.63, 3.8) is 0 Å². The number of carbonyl (C=O) groups excluding carboxylic acids is 1. The van der Waals surface area contributed by atoms with Gasteiger partial charge in [-0.05, 0) is 31.6 Å². The van der Waals surface area contributed by atoms with Crippen molar-refractivity contribution in [1.29, 1.82) is 0 Å². The summed E-state index contributed by atoms with van der Waals surface area (Å²) in [4.78, 5) is 27.3. The first kappa shape index (κ1) is 17.4. The van der Waals surface area contributed by atoms with Crippen molar-refractivity contribution >= 4 is 11.7 Å². The first-order valence-corrected chi connectivity index (χ1v) is 8.97. The molecule has 1 atom stereocenters. The molecule has 1 saturated heterocycles. The Kier molecular flexibility index (Phi) is 5.98.